The van der Waals surface area contributed by atoms with E-state index < -0.39 is 0 Å². The quantitative estimate of drug-likeness (QED) is 0.866. The molecule has 0 unspecified atom stereocenters. The van der Waals surface area contributed by atoms with Gasteiger partial charge in [-0.2, -0.15) is 0 Å². The lowest BCUT2D eigenvalue weighted by atomic mass is 9.80. The molecular formula is C16H22N2O2S. The van der Waals surface area contributed by atoms with Gasteiger partial charge in [0.05, 0.1) is 18.5 Å². The van der Waals surface area contributed by atoms with Crippen LogP contribution in [0.1, 0.15) is 25.3 Å². The van der Waals surface area contributed by atoms with Crippen molar-refractivity contribution in [3.8, 4) is 5.75 Å². The number of methoxy groups -OCH3 is 1. The van der Waals surface area contributed by atoms with E-state index in [0.29, 0.717) is 11.4 Å². The van der Waals surface area contributed by atoms with Gasteiger partial charge in [0.2, 0.25) is 5.91 Å². The van der Waals surface area contributed by atoms with Gasteiger partial charge in [0.15, 0.2) is 0 Å². The average molecular weight is 306 g/mol. The molecule has 0 spiro atoms. The summed E-state index contributed by atoms with van der Waals surface area (Å²) in [5.74, 6) is 0.960. The fourth-order valence-corrected chi connectivity index (χ4v) is 2.73. The van der Waals surface area contributed by atoms with Crippen molar-refractivity contribution in [3.05, 3.63) is 29.8 Å². The zero-order valence-corrected chi connectivity index (χ0v) is 13.4. The van der Waals surface area contributed by atoms with Crippen LogP contribution in [0, 0.1) is 5.41 Å². The second kappa shape index (κ2) is 6.43. The average Bonchev–Trinajstić information content (AvgIpc) is 2.48. The monoisotopic (exact) mass is 306 g/mol. The zero-order valence-electron chi connectivity index (χ0n) is 12.6. The van der Waals surface area contributed by atoms with Gasteiger partial charge >= 0.3 is 0 Å². The second-order valence-electron chi connectivity index (χ2n) is 5.83. The molecule has 1 saturated heterocycles. The van der Waals surface area contributed by atoms with Crippen LogP contribution in [0.3, 0.4) is 0 Å². The number of hydrogen-bond donors (Lipinski definition) is 1. The predicted octanol–water partition coefficient (Wildman–Crippen LogP) is 2.15. The Balaban J connectivity index is 1.91. The van der Waals surface area contributed by atoms with Crippen LogP contribution in [0.5, 0.6) is 5.75 Å². The van der Waals surface area contributed by atoms with E-state index in [0.717, 1.165) is 37.2 Å². The summed E-state index contributed by atoms with van der Waals surface area (Å²) in [6, 6.07) is 7.62. The van der Waals surface area contributed by atoms with Crippen LogP contribution in [0.25, 0.3) is 0 Å². The van der Waals surface area contributed by atoms with Gasteiger partial charge in [-0.25, -0.2) is 0 Å². The van der Waals surface area contributed by atoms with E-state index in [2.05, 4.69) is 6.92 Å². The molecule has 0 aliphatic carbocycles. The van der Waals surface area contributed by atoms with Gasteiger partial charge in [0, 0.05) is 18.5 Å². The van der Waals surface area contributed by atoms with Gasteiger partial charge in [0.1, 0.15) is 5.75 Å². The molecular weight excluding hydrogens is 284 g/mol. The minimum absolute atomic E-state index is 0.105. The number of benzene rings is 1. The maximum Gasteiger partial charge on any atom is 0.226 e. The molecule has 0 saturated carbocycles. The van der Waals surface area contributed by atoms with Gasteiger partial charge in [-0.3, -0.25) is 4.79 Å². The van der Waals surface area contributed by atoms with E-state index >= 15 is 0 Å². The van der Waals surface area contributed by atoms with Crippen molar-refractivity contribution in [1.82, 2.24) is 4.90 Å². The first-order valence-electron chi connectivity index (χ1n) is 7.15. The van der Waals surface area contributed by atoms with Crippen molar-refractivity contribution in [2.24, 2.45) is 11.1 Å². The van der Waals surface area contributed by atoms with Gasteiger partial charge in [-0.15, -0.1) is 0 Å². The summed E-state index contributed by atoms with van der Waals surface area (Å²) in [4.78, 5) is 14.8. The molecule has 1 aliphatic heterocycles. The highest BCUT2D eigenvalue weighted by Gasteiger charge is 2.33. The molecule has 0 bridgehead atoms. The summed E-state index contributed by atoms with van der Waals surface area (Å²) < 4.78 is 5.12. The zero-order chi connectivity index (χ0) is 15.5. The standard InChI is InChI=1S/C16H22N2O2S/c1-16(15(17)21)7-9-18(10-8-16)14(19)11-12-3-5-13(20-2)6-4-12/h3-6H,7-11H2,1-2H3,(H2,17,21). The molecule has 0 atom stereocenters. The Bertz CT molecular complexity index is 520. The first-order chi connectivity index (χ1) is 9.94. The fourth-order valence-electron chi connectivity index (χ4n) is 2.53. The number of carbonyl (C=O) groups is 1. The molecule has 1 aromatic rings. The van der Waals surface area contributed by atoms with Gasteiger partial charge in [-0.1, -0.05) is 31.3 Å². The van der Waals surface area contributed by atoms with Crippen molar-refractivity contribution in [2.75, 3.05) is 20.2 Å². The van der Waals surface area contributed by atoms with Gasteiger partial charge < -0.3 is 15.4 Å². The third kappa shape index (κ3) is 3.73. The van der Waals surface area contributed by atoms with E-state index in [1.165, 1.54) is 0 Å². The molecule has 0 aromatic heterocycles. The Morgan fingerprint density at radius 2 is 1.90 bits per heavy atom. The highest BCUT2D eigenvalue weighted by Crippen LogP contribution is 2.31. The summed E-state index contributed by atoms with van der Waals surface area (Å²) >= 11 is 5.12. The fraction of sp³-hybridized carbons (Fsp3) is 0.500. The molecule has 1 heterocycles. The maximum absolute atomic E-state index is 12.3. The number of nitrogens with two attached hydrogens (primary N) is 1. The number of hydrogen-bond acceptors (Lipinski definition) is 3. The Hall–Kier alpha value is -1.62. The molecule has 4 nitrogen and oxygen atoms in total. The summed E-state index contributed by atoms with van der Waals surface area (Å²) in [5.41, 5.74) is 6.69. The molecule has 1 aliphatic rings. The van der Waals surface area contributed by atoms with Crippen LogP contribution in [0.15, 0.2) is 24.3 Å². The topological polar surface area (TPSA) is 55.6 Å². The Labute approximate surface area is 131 Å². The minimum Gasteiger partial charge on any atom is -0.497 e. The number of thiocarbonyl (C=S) groups is 1. The highest BCUT2D eigenvalue weighted by molar-refractivity contribution is 7.80. The van der Waals surface area contributed by atoms with Crippen molar-refractivity contribution in [1.29, 1.82) is 0 Å². The Kier molecular flexibility index (Phi) is 4.83. The molecule has 1 aromatic carbocycles. The maximum atomic E-state index is 12.3. The van der Waals surface area contributed by atoms with E-state index in [4.69, 9.17) is 22.7 Å². The van der Waals surface area contributed by atoms with Crippen LogP contribution in [0.4, 0.5) is 0 Å². The number of rotatable bonds is 4. The third-order valence-corrected chi connectivity index (χ3v) is 4.82. The lowest BCUT2D eigenvalue weighted by molar-refractivity contribution is -0.132. The lowest BCUT2D eigenvalue weighted by Gasteiger charge is -2.38. The largest absolute Gasteiger partial charge is 0.497 e. The number of ether oxygens (including phenoxy) is 1. The van der Waals surface area contributed by atoms with Crippen molar-refractivity contribution in [2.45, 2.75) is 26.2 Å². The van der Waals surface area contributed by atoms with E-state index in [9.17, 15) is 4.79 Å². The van der Waals surface area contributed by atoms with Crippen molar-refractivity contribution in [3.63, 3.8) is 0 Å². The SMILES string of the molecule is COc1ccc(CC(=O)N2CCC(C)(C(N)=S)CC2)cc1. The lowest BCUT2D eigenvalue weighted by Crippen LogP contribution is -2.47. The molecule has 21 heavy (non-hydrogen) atoms. The number of amides is 1. The normalized spacial score (nSPS) is 17.3. The van der Waals surface area contributed by atoms with E-state index in [1.807, 2.05) is 29.2 Å². The van der Waals surface area contributed by atoms with Crippen LogP contribution in [-0.2, 0) is 11.2 Å². The minimum atomic E-state index is -0.105. The molecule has 1 fully saturated rings. The molecule has 0 radical (unpaired) electrons. The van der Waals surface area contributed by atoms with Crippen LogP contribution >= 0.6 is 12.2 Å². The number of nitrogens with zero attached hydrogens (tertiary/aromatic N) is 1. The number of piperidine rings is 1. The second-order valence-corrected chi connectivity index (χ2v) is 6.27. The number of likely N-dealkylation sites (tertiary alicyclic amines) is 1. The molecule has 1 amide bonds. The summed E-state index contributed by atoms with van der Waals surface area (Å²) in [5, 5.41) is 0. The molecule has 2 N–H and O–H groups in total. The first kappa shape index (κ1) is 15.8. The van der Waals surface area contributed by atoms with Crippen molar-refractivity contribution < 1.29 is 9.53 Å². The smallest absolute Gasteiger partial charge is 0.226 e. The summed E-state index contributed by atoms with van der Waals surface area (Å²) in [6.07, 6.45) is 2.11. The number of carbonyl (C=O) groups excluding carboxylic acids is 1. The van der Waals surface area contributed by atoms with E-state index in [-0.39, 0.29) is 11.3 Å². The van der Waals surface area contributed by atoms with Crippen molar-refractivity contribution >= 4 is 23.1 Å². The third-order valence-electron chi connectivity index (χ3n) is 4.33. The first-order valence-corrected chi connectivity index (χ1v) is 7.56. The van der Waals surface area contributed by atoms with Gasteiger partial charge in [-0.05, 0) is 30.5 Å². The van der Waals surface area contributed by atoms with E-state index in [1.54, 1.807) is 7.11 Å². The summed E-state index contributed by atoms with van der Waals surface area (Å²) in [6.45, 7) is 3.53. The predicted molar refractivity (Wildman–Crippen MR) is 87.4 cm³/mol. The van der Waals surface area contributed by atoms with Crippen LogP contribution in [0.2, 0.25) is 0 Å². The summed E-state index contributed by atoms with van der Waals surface area (Å²) in [7, 11) is 1.63. The van der Waals surface area contributed by atoms with Gasteiger partial charge in [0.25, 0.3) is 0 Å². The Morgan fingerprint density at radius 1 is 1.33 bits per heavy atom. The molecule has 2 rings (SSSR count). The Morgan fingerprint density at radius 3 is 2.38 bits per heavy atom. The highest BCUT2D eigenvalue weighted by atomic mass is 32.1. The van der Waals surface area contributed by atoms with Crippen LogP contribution in [-0.4, -0.2) is 36.0 Å². The van der Waals surface area contributed by atoms with Crippen LogP contribution < -0.4 is 10.5 Å². The molecule has 5 heteroatoms. The molecule has 114 valence electrons.